The Morgan fingerprint density at radius 1 is 0.533 bits per heavy atom. The molecule has 0 aliphatic carbocycles. The van der Waals surface area contributed by atoms with E-state index in [0.29, 0.717) is 12.8 Å². The first-order valence-corrected chi connectivity index (χ1v) is 19.9. The molecule has 0 spiro atoms. The van der Waals surface area contributed by atoms with E-state index in [4.69, 9.17) is 52.1 Å². The minimum Gasteiger partial charge on any atom is -0.463 e. The van der Waals surface area contributed by atoms with Crippen LogP contribution in [0.5, 0.6) is 0 Å². The molecule has 3 fully saturated rings. The highest BCUT2D eigenvalue weighted by Gasteiger charge is 2.55. The lowest BCUT2D eigenvalue weighted by atomic mass is 9.87. The predicted octanol–water partition coefficient (Wildman–Crippen LogP) is 3.00. The summed E-state index contributed by atoms with van der Waals surface area (Å²) in [6, 6.07) is -0.401. The topological polar surface area (TPSA) is 241 Å². The molecule has 0 bridgehead atoms. The Kier molecular flexibility index (Phi) is 17.7. The van der Waals surface area contributed by atoms with Crippen molar-refractivity contribution in [2.75, 3.05) is 13.2 Å². The average molecular weight is 860 g/mol. The minimum atomic E-state index is -1.43. The standard InChI is InChI=1S/C40H61NO19/c1-20(42)50-19-31-35(55-24(5)46)37(57-26(7)48)34(54-23(4)45)30(59-31)17-16-29-33(53-22(3)44)36(56-25(6)47)32(52-21(2)43)28(58-29)15-13-14-27-18-51-40(11,12)41(27)38(49)60-39(8,9)10/h27-37H,13-19H2,1-12H3/t27-,28+,29+,30-,31+,32-,33+,34-,35+,36+,37+/m0/s1. The van der Waals surface area contributed by atoms with Gasteiger partial charge in [0.15, 0.2) is 36.6 Å². The van der Waals surface area contributed by atoms with E-state index in [1.54, 1.807) is 34.6 Å². The SMILES string of the molecule is CC(=O)OC[C@H]1O[C@@H](CC[C@H]2O[C@H](CCC[C@H]3COC(C)(C)N3C(=O)OC(C)(C)C)[C@H](OC(C)=O)[C@@H](OC(C)=O)[C@@H]2OC(C)=O)[C@H](OC(C)=O)[C@@H](OC(C)=O)[C@@H]1OC(C)=O. The molecule has 3 aliphatic heterocycles. The van der Waals surface area contributed by atoms with Crippen LogP contribution in [0.4, 0.5) is 4.79 Å². The third kappa shape index (κ3) is 14.6. The summed E-state index contributed by atoms with van der Waals surface area (Å²) in [5.74, 6) is -5.36. The van der Waals surface area contributed by atoms with Crippen molar-refractivity contribution in [1.29, 1.82) is 0 Å². The van der Waals surface area contributed by atoms with Gasteiger partial charge in [-0.2, -0.15) is 0 Å². The third-order valence-corrected chi connectivity index (χ3v) is 9.65. The van der Waals surface area contributed by atoms with E-state index in [0.717, 1.165) is 48.5 Å². The molecule has 0 saturated carbocycles. The molecule has 0 aromatic carbocycles. The number of nitrogens with zero attached hydrogens (tertiary/aromatic N) is 1. The zero-order valence-corrected chi connectivity index (χ0v) is 36.5. The smallest absolute Gasteiger partial charge is 0.412 e. The summed E-state index contributed by atoms with van der Waals surface area (Å²) in [5.41, 5.74) is -1.73. The molecule has 3 saturated heterocycles. The van der Waals surface area contributed by atoms with Gasteiger partial charge in [-0.1, -0.05) is 0 Å². The van der Waals surface area contributed by atoms with Crippen LogP contribution in [0.15, 0.2) is 0 Å². The van der Waals surface area contributed by atoms with Crippen LogP contribution in [0.2, 0.25) is 0 Å². The fourth-order valence-electron chi connectivity index (χ4n) is 7.66. The quantitative estimate of drug-likeness (QED) is 0.170. The Labute approximate surface area is 349 Å². The molecule has 340 valence electrons. The summed E-state index contributed by atoms with van der Waals surface area (Å²) < 4.78 is 63.4. The van der Waals surface area contributed by atoms with Crippen molar-refractivity contribution in [1.82, 2.24) is 4.90 Å². The fourth-order valence-corrected chi connectivity index (χ4v) is 7.66. The van der Waals surface area contributed by atoms with Crippen molar-refractivity contribution < 1.29 is 90.5 Å². The van der Waals surface area contributed by atoms with Crippen LogP contribution < -0.4 is 0 Å². The van der Waals surface area contributed by atoms with Crippen LogP contribution in [0.1, 0.15) is 115 Å². The lowest BCUT2D eigenvalue weighted by Crippen LogP contribution is -2.63. The van der Waals surface area contributed by atoms with E-state index < -0.39 is 133 Å². The van der Waals surface area contributed by atoms with Gasteiger partial charge < -0.3 is 52.1 Å². The monoisotopic (exact) mass is 859 g/mol. The van der Waals surface area contributed by atoms with Crippen molar-refractivity contribution in [2.24, 2.45) is 0 Å². The van der Waals surface area contributed by atoms with Crippen LogP contribution in [-0.2, 0) is 85.7 Å². The summed E-state index contributed by atoms with van der Waals surface area (Å²) in [6.45, 7) is 16.5. The molecule has 1 amide bonds. The molecule has 3 rings (SSSR count). The number of carbonyl (C=O) groups excluding carboxylic acids is 8. The molecule has 20 nitrogen and oxygen atoms in total. The second-order valence-corrected chi connectivity index (χ2v) is 16.4. The van der Waals surface area contributed by atoms with Gasteiger partial charge in [-0.3, -0.25) is 38.5 Å². The maximum atomic E-state index is 13.3. The third-order valence-electron chi connectivity index (χ3n) is 9.65. The number of amides is 1. The highest BCUT2D eigenvalue weighted by atomic mass is 16.7. The van der Waals surface area contributed by atoms with Crippen molar-refractivity contribution >= 4 is 47.9 Å². The van der Waals surface area contributed by atoms with Crippen LogP contribution in [0, 0.1) is 0 Å². The maximum absolute atomic E-state index is 13.3. The van der Waals surface area contributed by atoms with E-state index in [1.807, 2.05) is 0 Å². The summed E-state index contributed by atoms with van der Waals surface area (Å²) in [7, 11) is 0. The van der Waals surface area contributed by atoms with Crippen molar-refractivity contribution in [3.05, 3.63) is 0 Å². The normalized spacial score (nSPS) is 29.9. The van der Waals surface area contributed by atoms with Crippen LogP contribution in [0.25, 0.3) is 0 Å². The molecule has 3 heterocycles. The molecule has 20 heteroatoms. The molecule has 11 atom stereocenters. The first kappa shape index (κ1) is 49.8. The van der Waals surface area contributed by atoms with Gasteiger partial charge in [-0.05, 0) is 66.7 Å². The number of hydrogen-bond donors (Lipinski definition) is 0. The zero-order valence-electron chi connectivity index (χ0n) is 36.5. The molecule has 0 aromatic heterocycles. The van der Waals surface area contributed by atoms with Crippen molar-refractivity contribution in [3.8, 4) is 0 Å². The second-order valence-electron chi connectivity index (χ2n) is 16.4. The fraction of sp³-hybridized carbons (Fsp3) is 0.800. The molecule has 0 N–H and O–H groups in total. The summed E-state index contributed by atoms with van der Waals surface area (Å²) in [6.07, 6.45) is -12.3. The first-order valence-electron chi connectivity index (χ1n) is 19.9. The van der Waals surface area contributed by atoms with Crippen LogP contribution in [0.3, 0.4) is 0 Å². The Bertz CT molecular complexity index is 1570. The minimum absolute atomic E-state index is 0.0657. The van der Waals surface area contributed by atoms with E-state index in [9.17, 15) is 38.4 Å². The van der Waals surface area contributed by atoms with Crippen molar-refractivity contribution in [2.45, 2.75) is 194 Å². The van der Waals surface area contributed by atoms with Crippen LogP contribution >= 0.6 is 0 Å². The number of carbonyl (C=O) groups is 8. The van der Waals surface area contributed by atoms with E-state index in [1.165, 1.54) is 4.90 Å². The summed E-state index contributed by atoms with van der Waals surface area (Å²) in [5, 5.41) is 0. The largest absolute Gasteiger partial charge is 0.463 e. The van der Waals surface area contributed by atoms with E-state index in [-0.39, 0.29) is 25.9 Å². The Morgan fingerprint density at radius 3 is 1.28 bits per heavy atom. The summed E-state index contributed by atoms with van der Waals surface area (Å²) >= 11 is 0. The summed E-state index contributed by atoms with van der Waals surface area (Å²) in [4.78, 5) is 101. The molecule has 3 aliphatic rings. The average Bonchev–Trinajstić information content (AvgIpc) is 3.39. The molecular weight excluding hydrogens is 798 g/mol. The molecule has 60 heavy (non-hydrogen) atoms. The van der Waals surface area contributed by atoms with Gasteiger partial charge in [0.05, 0.1) is 31.0 Å². The maximum Gasteiger partial charge on any atom is 0.412 e. The van der Waals surface area contributed by atoms with Gasteiger partial charge >= 0.3 is 47.9 Å². The van der Waals surface area contributed by atoms with Gasteiger partial charge in [-0.25, -0.2) is 4.79 Å². The van der Waals surface area contributed by atoms with Gasteiger partial charge in [0.1, 0.15) is 24.0 Å². The van der Waals surface area contributed by atoms with Gasteiger partial charge in [0.2, 0.25) is 0 Å². The molecular formula is C40H61NO19. The zero-order chi connectivity index (χ0) is 45.3. The molecule has 0 radical (unpaired) electrons. The van der Waals surface area contributed by atoms with Crippen LogP contribution in [-0.4, -0.2) is 144 Å². The Morgan fingerprint density at radius 2 is 0.900 bits per heavy atom. The first-order chi connectivity index (χ1) is 27.8. The number of rotatable bonds is 15. The Hall–Kier alpha value is -4.56. The van der Waals surface area contributed by atoms with Gasteiger partial charge in [0.25, 0.3) is 0 Å². The Balaban J connectivity index is 2.01. The number of hydrogen-bond acceptors (Lipinski definition) is 19. The second kappa shape index (κ2) is 21.3. The highest BCUT2D eigenvalue weighted by Crippen LogP contribution is 2.38. The lowest BCUT2D eigenvalue weighted by molar-refractivity contribution is -0.261. The van der Waals surface area contributed by atoms with Gasteiger partial charge in [-0.15, -0.1) is 0 Å². The van der Waals surface area contributed by atoms with Gasteiger partial charge in [0, 0.05) is 48.5 Å². The molecule has 0 aromatic rings. The predicted molar refractivity (Wildman–Crippen MR) is 202 cm³/mol. The van der Waals surface area contributed by atoms with E-state index in [2.05, 4.69) is 0 Å². The van der Waals surface area contributed by atoms with Crippen molar-refractivity contribution in [3.63, 3.8) is 0 Å². The highest BCUT2D eigenvalue weighted by molar-refractivity contribution is 5.70. The van der Waals surface area contributed by atoms with E-state index >= 15 is 0 Å². The lowest BCUT2D eigenvalue weighted by Gasteiger charge is -2.47. The number of esters is 7. The number of ether oxygens (including phenoxy) is 11. The molecule has 0 unspecified atom stereocenters.